The molecule has 100 valence electrons. The second kappa shape index (κ2) is 5.85. The Labute approximate surface area is 111 Å². The first-order chi connectivity index (χ1) is 8.66. The van der Waals surface area contributed by atoms with Crippen molar-refractivity contribution in [1.82, 2.24) is 4.90 Å². The summed E-state index contributed by atoms with van der Waals surface area (Å²) in [6, 6.07) is 9.05. The van der Waals surface area contributed by atoms with E-state index in [0.29, 0.717) is 5.41 Å². The summed E-state index contributed by atoms with van der Waals surface area (Å²) < 4.78 is 0. The minimum atomic E-state index is 0.250. The smallest absolute Gasteiger partial charge is 0.0558 e. The van der Waals surface area contributed by atoms with Crippen molar-refractivity contribution < 1.29 is 5.11 Å². The molecule has 0 aromatic heterocycles. The fraction of sp³-hybridized carbons (Fsp3) is 0.625. The number of benzene rings is 1. The lowest BCUT2D eigenvalue weighted by Crippen LogP contribution is -2.38. The van der Waals surface area contributed by atoms with E-state index in [1.807, 2.05) is 0 Å². The molecule has 2 nitrogen and oxygen atoms in total. The summed E-state index contributed by atoms with van der Waals surface area (Å²) in [7, 11) is 2.12. The van der Waals surface area contributed by atoms with Gasteiger partial charge in [-0.05, 0) is 32.4 Å². The lowest BCUT2D eigenvalue weighted by molar-refractivity contribution is 0.188. The van der Waals surface area contributed by atoms with Crippen LogP contribution >= 0.6 is 0 Å². The largest absolute Gasteiger partial charge is 0.395 e. The monoisotopic (exact) mass is 247 g/mol. The fourth-order valence-corrected chi connectivity index (χ4v) is 3.26. The van der Waals surface area contributed by atoms with Crippen molar-refractivity contribution in [3.05, 3.63) is 35.4 Å². The molecule has 1 saturated carbocycles. The second-order valence-corrected chi connectivity index (χ2v) is 5.81. The zero-order valence-electron chi connectivity index (χ0n) is 11.7. The molecule has 1 aliphatic rings. The van der Waals surface area contributed by atoms with Crippen molar-refractivity contribution in [3.8, 4) is 0 Å². The van der Waals surface area contributed by atoms with Crippen LogP contribution in [0.5, 0.6) is 0 Å². The summed E-state index contributed by atoms with van der Waals surface area (Å²) in [6.45, 7) is 4.23. The molecule has 0 spiro atoms. The normalized spacial score (nSPS) is 18.4. The molecule has 18 heavy (non-hydrogen) atoms. The topological polar surface area (TPSA) is 23.5 Å². The van der Waals surface area contributed by atoms with Gasteiger partial charge in [0.1, 0.15) is 0 Å². The van der Waals surface area contributed by atoms with Gasteiger partial charge in [0.05, 0.1) is 6.61 Å². The number of rotatable bonds is 5. The first-order valence-electron chi connectivity index (χ1n) is 7.03. The maximum atomic E-state index is 9.06. The molecular formula is C16H25NO. The molecule has 0 heterocycles. The van der Waals surface area contributed by atoms with E-state index in [2.05, 4.69) is 43.1 Å². The quantitative estimate of drug-likeness (QED) is 0.865. The van der Waals surface area contributed by atoms with Gasteiger partial charge in [0, 0.05) is 18.5 Å². The Morgan fingerprint density at radius 1 is 1.17 bits per heavy atom. The predicted octanol–water partition coefficient (Wildman–Crippen LogP) is 2.73. The van der Waals surface area contributed by atoms with Crippen LogP contribution in [0.15, 0.2) is 24.3 Å². The molecule has 0 unspecified atom stereocenters. The highest BCUT2D eigenvalue weighted by molar-refractivity contribution is 5.30. The molecule has 1 aliphatic carbocycles. The average Bonchev–Trinajstić information content (AvgIpc) is 2.79. The molecule has 0 saturated heterocycles. The molecule has 1 N–H and O–H groups in total. The van der Waals surface area contributed by atoms with Crippen LogP contribution in [0.1, 0.15) is 36.8 Å². The van der Waals surface area contributed by atoms with E-state index in [1.54, 1.807) is 0 Å². The summed E-state index contributed by atoms with van der Waals surface area (Å²) in [5.41, 5.74) is 3.13. The van der Waals surface area contributed by atoms with Crippen molar-refractivity contribution in [1.29, 1.82) is 0 Å². The van der Waals surface area contributed by atoms with Gasteiger partial charge in [-0.2, -0.15) is 0 Å². The van der Waals surface area contributed by atoms with Gasteiger partial charge in [0.2, 0.25) is 0 Å². The van der Waals surface area contributed by atoms with Gasteiger partial charge in [0.25, 0.3) is 0 Å². The minimum Gasteiger partial charge on any atom is -0.395 e. The van der Waals surface area contributed by atoms with Gasteiger partial charge in [0.15, 0.2) is 0 Å². The maximum Gasteiger partial charge on any atom is 0.0558 e. The SMILES string of the molecule is Cc1ccc(C2(CN(C)CCO)CCCC2)cc1. The molecule has 2 rings (SSSR count). The van der Waals surface area contributed by atoms with Gasteiger partial charge >= 0.3 is 0 Å². The highest BCUT2D eigenvalue weighted by atomic mass is 16.3. The fourth-order valence-electron chi connectivity index (χ4n) is 3.26. The van der Waals surface area contributed by atoms with Crippen molar-refractivity contribution in [2.45, 2.75) is 38.0 Å². The summed E-state index contributed by atoms with van der Waals surface area (Å²) in [5, 5.41) is 9.06. The van der Waals surface area contributed by atoms with Crippen molar-refractivity contribution in [2.75, 3.05) is 26.7 Å². The lowest BCUT2D eigenvalue weighted by Gasteiger charge is -2.34. The van der Waals surface area contributed by atoms with Crippen molar-refractivity contribution >= 4 is 0 Å². The van der Waals surface area contributed by atoms with Crippen molar-refractivity contribution in [3.63, 3.8) is 0 Å². The third-order valence-corrected chi connectivity index (χ3v) is 4.28. The van der Waals surface area contributed by atoms with Crippen LogP contribution in [0.25, 0.3) is 0 Å². The van der Waals surface area contributed by atoms with Crippen LogP contribution in [0.2, 0.25) is 0 Å². The Hall–Kier alpha value is -0.860. The van der Waals surface area contributed by atoms with Crippen LogP contribution in [-0.4, -0.2) is 36.8 Å². The summed E-state index contributed by atoms with van der Waals surface area (Å²) in [5.74, 6) is 0. The van der Waals surface area contributed by atoms with Gasteiger partial charge in [-0.15, -0.1) is 0 Å². The Kier molecular flexibility index (Phi) is 4.41. The van der Waals surface area contributed by atoms with Gasteiger partial charge < -0.3 is 10.0 Å². The van der Waals surface area contributed by atoms with E-state index in [9.17, 15) is 0 Å². The molecule has 0 atom stereocenters. The maximum absolute atomic E-state index is 9.06. The summed E-state index contributed by atoms with van der Waals surface area (Å²) in [6.07, 6.45) is 5.24. The molecule has 2 heteroatoms. The van der Waals surface area contributed by atoms with E-state index < -0.39 is 0 Å². The predicted molar refractivity (Wildman–Crippen MR) is 75.9 cm³/mol. The van der Waals surface area contributed by atoms with Crippen LogP contribution in [-0.2, 0) is 5.41 Å². The molecule has 1 aromatic carbocycles. The molecule has 0 bridgehead atoms. The Bertz CT molecular complexity index is 365. The minimum absolute atomic E-state index is 0.250. The molecular weight excluding hydrogens is 222 g/mol. The number of nitrogens with zero attached hydrogens (tertiary/aromatic N) is 1. The molecule has 0 amide bonds. The molecule has 1 aromatic rings. The molecule has 0 aliphatic heterocycles. The number of hydrogen-bond donors (Lipinski definition) is 1. The van der Waals surface area contributed by atoms with E-state index in [0.717, 1.165) is 13.1 Å². The average molecular weight is 247 g/mol. The van der Waals surface area contributed by atoms with Crippen LogP contribution < -0.4 is 0 Å². The number of hydrogen-bond acceptors (Lipinski definition) is 2. The summed E-state index contributed by atoms with van der Waals surface area (Å²) >= 11 is 0. The first-order valence-corrected chi connectivity index (χ1v) is 7.03. The van der Waals surface area contributed by atoms with Crippen LogP contribution in [0, 0.1) is 6.92 Å². The van der Waals surface area contributed by atoms with E-state index in [-0.39, 0.29) is 6.61 Å². The summed E-state index contributed by atoms with van der Waals surface area (Å²) in [4.78, 5) is 2.27. The number of aliphatic hydroxyl groups excluding tert-OH is 1. The third-order valence-electron chi connectivity index (χ3n) is 4.28. The van der Waals surface area contributed by atoms with Crippen LogP contribution in [0.3, 0.4) is 0 Å². The van der Waals surface area contributed by atoms with Crippen molar-refractivity contribution in [2.24, 2.45) is 0 Å². The Balaban J connectivity index is 2.18. The standard InChI is InChI=1S/C16H25NO/c1-14-5-7-15(8-6-14)16(9-3-4-10-16)13-17(2)11-12-18/h5-8,18H,3-4,9-13H2,1-2H3. The van der Waals surface area contributed by atoms with Gasteiger partial charge in [-0.3, -0.25) is 0 Å². The Morgan fingerprint density at radius 3 is 2.33 bits per heavy atom. The number of aliphatic hydroxyl groups is 1. The van der Waals surface area contributed by atoms with Crippen LogP contribution in [0.4, 0.5) is 0 Å². The molecule has 1 fully saturated rings. The van der Waals surface area contributed by atoms with E-state index in [1.165, 1.54) is 36.8 Å². The first kappa shape index (κ1) is 13.6. The second-order valence-electron chi connectivity index (χ2n) is 5.81. The number of likely N-dealkylation sites (N-methyl/N-ethyl adjacent to an activating group) is 1. The lowest BCUT2D eigenvalue weighted by atomic mass is 9.78. The molecule has 0 radical (unpaired) electrons. The zero-order valence-corrected chi connectivity index (χ0v) is 11.7. The zero-order chi connectivity index (χ0) is 13.0. The van der Waals surface area contributed by atoms with Gasteiger partial charge in [-0.25, -0.2) is 0 Å². The third kappa shape index (κ3) is 2.93. The Morgan fingerprint density at radius 2 is 1.78 bits per heavy atom. The highest BCUT2D eigenvalue weighted by Crippen LogP contribution is 2.41. The number of aryl methyl sites for hydroxylation is 1. The van der Waals surface area contributed by atoms with E-state index in [4.69, 9.17) is 5.11 Å². The van der Waals surface area contributed by atoms with E-state index >= 15 is 0 Å². The highest BCUT2D eigenvalue weighted by Gasteiger charge is 2.36. The van der Waals surface area contributed by atoms with Gasteiger partial charge in [-0.1, -0.05) is 42.7 Å².